The van der Waals surface area contributed by atoms with Gasteiger partial charge in [0.15, 0.2) is 0 Å². The average Bonchev–Trinajstić information content (AvgIpc) is 2.03. The van der Waals surface area contributed by atoms with Crippen molar-refractivity contribution in [2.45, 2.75) is 20.0 Å². The summed E-state index contributed by atoms with van der Waals surface area (Å²) < 4.78 is 5.40. The van der Waals surface area contributed by atoms with E-state index in [-0.39, 0.29) is 6.10 Å². The molecule has 0 aliphatic carbocycles. The molecule has 0 radical (unpaired) electrons. The van der Waals surface area contributed by atoms with Crippen LogP contribution in [0.25, 0.3) is 0 Å². The van der Waals surface area contributed by atoms with E-state index in [0.29, 0.717) is 11.3 Å². The summed E-state index contributed by atoms with van der Waals surface area (Å²) in [6, 6.07) is 6.85. The summed E-state index contributed by atoms with van der Waals surface area (Å²) in [6.07, 6.45) is 0.100. The number of carbonyl (C=O) groups is 1. The lowest BCUT2D eigenvalue weighted by atomic mass is 10.2. The Labute approximate surface area is 77.5 Å². The molecule has 0 aliphatic heterocycles. The topological polar surface area (TPSA) is 52.3 Å². The highest BCUT2D eigenvalue weighted by Gasteiger charge is 2.02. The van der Waals surface area contributed by atoms with Gasteiger partial charge in [-0.2, -0.15) is 0 Å². The van der Waals surface area contributed by atoms with E-state index in [1.165, 1.54) is 0 Å². The molecule has 0 saturated heterocycles. The molecule has 1 aromatic carbocycles. The zero-order valence-electron chi connectivity index (χ0n) is 7.78. The van der Waals surface area contributed by atoms with Gasteiger partial charge in [-0.3, -0.25) is 4.79 Å². The molecular weight excluding hydrogens is 166 g/mol. The Hall–Kier alpha value is -1.51. The van der Waals surface area contributed by atoms with E-state index in [4.69, 9.17) is 10.5 Å². The molecule has 13 heavy (non-hydrogen) atoms. The first-order chi connectivity index (χ1) is 6.09. The lowest BCUT2D eigenvalue weighted by Crippen LogP contribution is -2.11. The van der Waals surface area contributed by atoms with Crippen molar-refractivity contribution in [2.75, 3.05) is 0 Å². The van der Waals surface area contributed by atoms with Gasteiger partial charge >= 0.3 is 0 Å². The minimum Gasteiger partial charge on any atom is -0.491 e. The standard InChI is InChI=1S/C10H13NO2/c1-7(2)13-9-5-3-4-8(6-9)10(11)12/h3-7H,1-2H3,(H2,11,12). The third kappa shape index (κ3) is 2.78. The second-order valence-electron chi connectivity index (χ2n) is 3.06. The van der Waals surface area contributed by atoms with Crippen molar-refractivity contribution >= 4 is 5.91 Å². The molecule has 3 heteroatoms. The number of hydrogen-bond acceptors (Lipinski definition) is 2. The zero-order valence-corrected chi connectivity index (χ0v) is 7.78. The Kier molecular flexibility index (Phi) is 2.90. The van der Waals surface area contributed by atoms with Crippen molar-refractivity contribution in [3.63, 3.8) is 0 Å². The highest BCUT2D eigenvalue weighted by Crippen LogP contribution is 2.14. The van der Waals surface area contributed by atoms with Crippen LogP contribution in [0.4, 0.5) is 0 Å². The summed E-state index contributed by atoms with van der Waals surface area (Å²) in [5.74, 6) is 0.237. The Morgan fingerprint density at radius 1 is 1.46 bits per heavy atom. The minimum absolute atomic E-state index is 0.100. The number of hydrogen-bond donors (Lipinski definition) is 1. The quantitative estimate of drug-likeness (QED) is 0.765. The summed E-state index contributed by atoms with van der Waals surface area (Å²) in [5.41, 5.74) is 5.59. The molecule has 0 aliphatic rings. The fraction of sp³-hybridized carbons (Fsp3) is 0.300. The van der Waals surface area contributed by atoms with Crippen molar-refractivity contribution in [3.8, 4) is 5.75 Å². The van der Waals surface area contributed by atoms with Gasteiger partial charge in [0.25, 0.3) is 0 Å². The number of ether oxygens (including phenoxy) is 1. The van der Waals surface area contributed by atoms with E-state index in [1.54, 1.807) is 24.3 Å². The highest BCUT2D eigenvalue weighted by atomic mass is 16.5. The smallest absolute Gasteiger partial charge is 0.248 e. The van der Waals surface area contributed by atoms with E-state index < -0.39 is 5.91 Å². The number of nitrogens with two attached hydrogens (primary N) is 1. The largest absolute Gasteiger partial charge is 0.491 e. The summed E-state index contributed by atoms with van der Waals surface area (Å²) in [5, 5.41) is 0. The predicted molar refractivity (Wildman–Crippen MR) is 50.7 cm³/mol. The van der Waals surface area contributed by atoms with Crippen LogP contribution in [-0.4, -0.2) is 12.0 Å². The van der Waals surface area contributed by atoms with Gasteiger partial charge in [0.05, 0.1) is 6.10 Å². The van der Waals surface area contributed by atoms with Gasteiger partial charge in [-0.1, -0.05) is 6.07 Å². The highest BCUT2D eigenvalue weighted by molar-refractivity contribution is 5.93. The molecule has 3 nitrogen and oxygen atoms in total. The predicted octanol–water partition coefficient (Wildman–Crippen LogP) is 1.57. The molecule has 0 spiro atoms. The molecule has 1 amide bonds. The summed E-state index contributed by atoms with van der Waals surface area (Å²) in [6.45, 7) is 3.86. The number of amides is 1. The minimum atomic E-state index is -0.436. The van der Waals surface area contributed by atoms with Crippen LogP contribution in [0.3, 0.4) is 0 Å². The third-order valence-electron chi connectivity index (χ3n) is 1.49. The van der Waals surface area contributed by atoms with Crippen LogP contribution in [0.15, 0.2) is 24.3 Å². The van der Waals surface area contributed by atoms with E-state index in [1.807, 2.05) is 13.8 Å². The maximum atomic E-state index is 10.8. The molecule has 2 N–H and O–H groups in total. The van der Waals surface area contributed by atoms with Gasteiger partial charge in [0, 0.05) is 5.56 Å². The number of primary amides is 1. The van der Waals surface area contributed by atoms with Gasteiger partial charge in [0.1, 0.15) is 5.75 Å². The van der Waals surface area contributed by atoms with E-state index in [9.17, 15) is 4.79 Å². The van der Waals surface area contributed by atoms with Gasteiger partial charge < -0.3 is 10.5 Å². The van der Waals surface area contributed by atoms with E-state index >= 15 is 0 Å². The Morgan fingerprint density at radius 3 is 2.69 bits per heavy atom. The van der Waals surface area contributed by atoms with Crippen molar-refractivity contribution in [1.82, 2.24) is 0 Å². The monoisotopic (exact) mass is 179 g/mol. The normalized spacial score (nSPS) is 10.1. The first-order valence-corrected chi connectivity index (χ1v) is 4.16. The van der Waals surface area contributed by atoms with E-state index in [0.717, 1.165) is 0 Å². The van der Waals surface area contributed by atoms with Gasteiger partial charge in [-0.05, 0) is 32.0 Å². The van der Waals surface area contributed by atoms with Crippen LogP contribution in [0.2, 0.25) is 0 Å². The molecule has 0 unspecified atom stereocenters. The van der Waals surface area contributed by atoms with Crippen LogP contribution in [0.1, 0.15) is 24.2 Å². The molecule has 0 saturated carbocycles. The first kappa shape index (κ1) is 9.58. The fourth-order valence-electron chi connectivity index (χ4n) is 0.995. The summed E-state index contributed by atoms with van der Waals surface area (Å²) >= 11 is 0. The lowest BCUT2D eigenvalue weighted by molar-refractivity contribution is 0.0999. The molecule has 70 valence electrons. The third-order valence-corrected chi connectivity index (χ3v) is 1.49. The molecule has 0 aromatic heterocycles. The zero-order chi connectivity index (χ0) is 9.84. The Morgan fingerprint density at radius 2 is 2.15 bits per heavy atom. The Balaban J connectivity index is 2.85. The van der Waals surface area contributed by atoms with Crippen LogP contribution >= 0.6 is 0 Å². The number of rotatable bonds is 3. The maximum Gasteiger partial charge on any atom is 0.248 e. The molecule has 0 heterocycles. The molecular formula is C10H13NO2. The van der Waals surface area contributed by atoms with Crippen LogP contribution in [-0.2, 0) is 0 Å². The summed E-state index contributed by atoms with van der Waals surface area (Å²) in [4.78, 5) is 10.8. The average molecular weight is 179 g/mol. The van der Waals surface area contributed by atoms with Crippen LogP contribution in [0, 0.1) is 0 Å². The van der Waals surface area contributed by atoms with Gasteiger partial charge in [0.2, 0.25) is 5.91 Å². The molecule has 1 aromatic rings. The fourth-order valence-corrected chi connectivity index (χ4v) is 0.995. The van der Waals surface area contributed by atoms with Gasteiger partial charge in [-0.25, -0.2) is 0 Å². The molecule has 0 fully saturated rings. The van der Waals surface area contributed by atoms with Gasteiger partial charge in [-0.15, -0.1) is 0 Å². The summed E-state index contributed by atoms with van der Waals surface area (Å²) in [7, 11) is 0. The Bertz CT molecular complexity index is 308. The number of carbonyl (C=O) groups excluding carboxylic acids is 1. The molecule has 0 bridgehead atoms. The van der Waals surface area contributed by atoms with Crippen LogP contribution in [0.5, 0.6) is 5.75 Å². The first-order valence-electron chi connectivity index (χ1n) is 4.16. The van der Waals surface area contributed by atoms with Crippen molar-refractivity contribution in [2.24, 2.45) is 5.73 Å². The molecule has 0 atom stereocenters. The SMILES string of the molecule is CC(C)Oc1cccc(C(N)=O)c1. The van der Waals surface area contributed by atoms with E-state index in [2.05, 4.69) is 0 Å². The van der Waals surface area contributed by atoms with Crippen LogP contribution < -0.4 is 10.5 Å². The second-order valence-corrected chi connectivity index (χ2v) is 3.06. The van der Waals surface area contributed by atoms with Crippen molar-refractivity contribution in [1.29, 1.82) is 0 Å². The maximum absolute atomic E-state index is 10.8. The lowest BCUT2D eigenvalue weighted by Gasteiger charge is -2.09. The molecule has 1 rings (SSSR count). The second kappa shape index (κ2) is 3.94. The number of benzene rings is 1. The van der Waals surface area contributed by atoms with Crippen molar-refractivity contribution < 1.29 is 9.53 Å². The van der Waals surface area contributed by atoms with Crippen molar-refractivity contribution in [3.05, 3.63) is 29.8 Å².